The molecular weight excluding hydrogens is 272 g/mol. The first-order valence-electron chi connectivity index (χ1n) is 6.99. The molecule has 1 atom stereocenters. The fourth-order valence-corrected chi connectivity index (χ4v) is 2.27. The third-order valence-electron chi connectivity index (χ3n) is 3.43. The first-order valence-corrected chi connectivity index (χ1v) is 6.99. The lowest BCUT2D eigenvalue weighted by atomic mass is 10.2. The molecule has 3 amide bonds. The number of nitrogens with zero attached hydrogens (tertiary/aromatic N) is 2. The van der Waals surface area contributed by atoms with Gasteiger partial charge in [0.2, 0.25) is 11.8 Å². The van der Waals surface area contributed by atoms with E-state index >= 15 is 0 Å². The number of imide groups is 1. The van der Waals surface area contributed by atoms with Crippen LogP contribution in [0.3, 0.4) is 0 Å². The summed E-state index contributed by atoms with van der Waals surface area (Å²) < 4.78 is 0. The Morgan fingerprint density at radius 1 is 1.33 bits per heavy atom. The van der Waals surface area contributed by atoms with Crippen molar-refractivity contribution in [1.82, 2.24) is 5.06 Å². The molecule has 112 valence electrons. The van der Waals surface area contributed by atoms with E-state index in [1.807, 2.05) is 6.92 Å². The topological polar surface area (TPSA) is 77.9 Å². The number of unbranched alkanes of at least 4 members (excludes halogenated alkanes) is 1. The number of hydrogen-bond acceptors (Lipinski definition) is 4. The molecule has 0 aromatic heterocycles. The van der Waals surface area contributed by atoms with E-state index in [1.54, 1.807) is 30.3 Å². The summed E-state index contributed by atoms with van der Waals surface area (Å²) in [4.78, 5) is 37.1. The summed E-state index contributed by atoms with van der Waals surface area (Å²) in [5.74, 6) is -1.52. The molecule has 1 aromatic rings. The molecule has 6 heteroatoms. The number of rotatable bonds is 5. The van der Waals surface area contributed by atoms with Gasteiger partial charge in [-0.15, -0.1) is 0 Å². The monoisotopic (exact) mass is 290 g/mol. The van der Waals surface area contributed by atoms with Gasteiger partial charge in [0.25, 0.3) is 5.91 Å². The Balaban J connectivity index is 2.13. The zero-order chi connectivity index (χ0) is 15.4. The molecule has 0 saturated carbocycles. The van der Waals surface area contributed by atoms with Crippen LogP contribution in [-0.2, 0) is 14.4 Å². The lowest BCUT2D eigenvalue weighted by Crippen LogP contribution is -2.43. The zero-order valence-electron chi connectivity index (χ0n) is 11.9. The predicted octanol–water partition coefficient (Wildman–Crippen LogP) is 1.73. The molecule has 1 saturated heterocycles. The van der Waals surface area contributed by atoms with Crippen molar-refractivity contribution in [1.29, 1.82) is 0 Å². The number of anilines is 1. The van der Waals surface area contributed by atoms with Gasteiger partial charge < -0.3 is 0 Å². The summed E-state index contributed by atoms with van der Waals surface area (Å²) in [7, 11) is 0. The highest BCUT2D eigenvalue weighted by Gasteiger charge is 2.44. The number of carbonyl (C=O) groups is 3. The molecule has 1 N–H and O–H groups in total. The van der Waals surface area contributed by atoms with Crippen LogP contribution in [0.5, 0.6) is 0 Å². The largest absolute Gasteiger partial charge is 0.285 e. The Bertz CT molecular complexity index is 544. The highest BCUT2D eigenvalue weighted by Crippen LogP contribution is 2.25. The van der Waals surface area contributed by atoms with Gasteiger partial charge in [0.05, 0.1) is 12.1 Å². The van der Waals surface area contributed by atoms with Crippen LogP contribution in [0.4, 0.5) is 5.69 Å². The molecular formula is C15H18N2O4. The minimum Gasteiger partial charge on any atom is -0.285 e. The molecule has 2 rings (SSSR count). The van der Waals surface area contributed by atoms with Gasteiger partial charge in [0, 0.05) is 6.42 Å². The summed E-state index contributed by atoms with van der Waals surface area (Å²) in [5.41, 5.74) is 0.449. The van der Waals surface area contributed by atoms with Crippen LogP contribution in [0.2, 0.25) is 0 Å². The minimum absolute atomic E-state index is 0.163. The summed E-state index contributed by atoms with van der Waals surface area (Å²) in [6, 6.07) is 7.36. The number of hydroxylamine groups is 2. The third-order valence-corrected chi connectivity index (χ3v) is 3.43. The molecule has 6 nitrogen and oxygen atoms in total. The van der Waals surface area contributed by atoms with E-state index in [4.69, 9.17) is 0 Å². The highest BCUT2D eigenvalue weighted by molar-refractivity contribution is 6.22. The summed E-state index contributed by atoms with van der Waals surface area (Å²) in [5, 5.41) is 10.3. The molecule has 1 fully saturated rings. The Kier molecular flexibility index (Phi) is 4.70. The first-order chi connectivity index (χ1) is 10.1. The van der Waals surface area contributed by atoms with Crippen molar-refractivity contribution in [3.05, 3.63) is 30.3 Å². The van der Waals surface area contributed by atoms with Crippen molar-refractivity contribution in [2.24, 2.45) is 0 Å². The van der Waals surface area contributed by atoms with Crippen molar-refractivity contribution in [3.8, 4) is 0 Å². The Labute approximate surface area is 122 Å². The predicted molar refractivity (Wildman–Crippen MR) is 75.5 cm³/mol. The lowest BCUT2D eigenvalue weighted by Gasteiger charge is -2.21. The summed E-state index contributed by atoms with van der Waals surface area (Å²) >= 11 is 0. The summed E-state index contributed by atoms with van der Waals surface area (Å²) in [6.07, 6.45) is 1.42. The van der Waals surface area contributed by atoms with Crippen LogP contribution in [0, 0.1) is 0 Å². The zero-order valence-corrected chi connectivity index (χ0v) is 11.9. The van der Waals surface area contributed by atoms with Crippen molar-refractivity contribution < 1.29 is 19.6 Å². The third kappa shape index (κ3) is 3.11. The van der Waals surface area contributed by atoms with Crippen molar-refractivity contribution in [2.75, 3.05) is 4.90 Å². The van der Waals surface area contributed by atoms with Crippen LogP contribution in [0.25, 0.3) is 0 Å². The van der Waals surface area contributed by atoms with E-state index in [-0.39, 0.29) is 12.8 Å². The number of amides is 3. The Morgan fingerprint density at radius 3 is 2.62 bits per heavy atom. The van der Waals surface area contributed by atoms with Crippen LogP contribution >= 0.6 is 0 Å². The molecule has 0 spiro atoms. The fraction of sp³-hybridized carbons (Fsp3) is 0.400. The average Bonchev–Trinajstić information content (AvgIpc) is 2.79. The maximum Gasteiger partial charge on any atom is 0.259 e. The number of hydrogen-bond donors (Lipinski definition) is 1. The van der Waals surface area contributed by atoms with E-state index in [1.165, 1.54) is 0 Å². The van der Waals surface area contributed by atoms with E-state index < -0.39 is 23.8 Å². The second-order valence-electron chi connectivity index (χ2n) is 4.96. The average molecular weight is 290 g/mol. The molecule has 1 aliphatic heterocycles. The van der Waals surface area contributed by atoms with Gasteiger partial charge in [0.1, 0.15) is 6.04 Å². The Hall–Kier alpha value is -2.21. The maximum atomic E-state index is 12.3. The van der Waals surface area contributed by atoms with Gasteiger partial charge in [-0.2, -0.15) is 0 Å². The van der Waals surface area contributed by atoms with Gasteiger partial charge in [-0.25, -0.2) is 9.96 Å². The second-order valence-corrected chi connectivity index (χ2v) is 4.96. The number of para-hydroxylation sites is 1. The molecule has 1 aliphatic rings. The van der Waals surface area contributed by atoms with E-state index in [9.17, 15) is 19.6 Å². The highest BCUT2D eigenvalue weighted by atomic mass is 16.5. The van der Waals surface area contributed by atoms with Gasteiger partial charge >= 0.3 is 0 Å². The Morgan fingerprint density at radius 2 is 2.00 bits per heavy atom. The van der Waals surface area contributed by atoms with Gasteiger partial charge in [-0.1, -0.05) is 31.5 Å². The van der Waals surface area contributed by atoms with Crippen LogP contribution < -0.4 is 4.90 Å². The summed E-state index contributed by atoms with van der Waals surface area (Å²) in [6.45, 7) is 1.93. The molecule has 0 radical (unpaired) electrons. The molecule has 0 aliphatic carbocycles. The second kappa shape index (κ2) is 6.49. The lowest BCUT2D eigenvalue weighted by molar-refractivity contribution is -0.177. The molecule has 1 aromatic carbocycles. The van der Waals surface area contributed by atoms with E-state index in [0.29, 0.717) is 17.2 Å². The quantitative estimate of drug-likeness (QED) is 0.509. The maximum absolute atomic E-state index is 12.3. The van der Waals surface area contributed by atoms with Crippen molar-refractivity contribution in [2.45, 2.75) is 38.6 Å². The molecule has 21 heavy (non-hydrogen) atoms. The van der Waals surface area contributed by atoms with E-state index in [2.05, 4.69) is 0 Å². The molecule has 1 heterocycles. The van der Waals surface area contributed by atoms with E-state index in [0.717, 1.165) is 11.3 Å². The standard InChI is InChI=1S/C15H18N2O4/c1-2-3-9-13(18)17(21)12-10-14(19)16(15(12)20)11-7-5-4-6-8-11/h4-8,12,21H,2-3,9-10H2,1H3/t12-/m1/s1. The number of benzene rings is 1. The smallest absolute Gasteiger partial charge is 0.259 e. The van der Waals surface area contributed by atoms with Gasteiger partial charge in [-0.3, -0.25) is 19.6 Å². The van der Waals surface area contributed by atoms with Crippen molar-refractivity contribution >= 4 is 23.4 Å². The fourth-order valence-electron chi connectivity index (χ4n) is 2.27. The number of carbonyl (C=O) groups excluding carboxylic acids is 3. The van der Waals surface area contributed by atoms with Crippen LogP contribution in [0.15, 0.2) is 30.3 Å². The molecule has 0 unspecified atom stereocenters. The normalized spacial score (nSPS) is 18.2. The van der Waals surface area contributed by atoms with Crippen molar-refractivity contribution in [3.63, 3.8) is 0 Å². The van der Waals surface area contributed by atoms with Crippen LogP contribution in [-0.4, -0.2) is 34.0 Å². The van der Waals surface area contributed by atoms with Gasteiger partial charge in [0.15, 0.2) is 0 Å². The molecule has 0 bridgehead atoms. The first kappa shape index (κ1) is 15.2. The van der Waals surface area contributed by atoms with Gasteiger partial charge in [-0.05, 0) is 18.6 Å². The SMILES string of the molecule is CCCCC(=O)N(O)[C@@H]1CC(=O)N(c2ccccc2)C1=O. The van der Waals surface area contributed by atoms with Crippen LogP contribution in [0.1, 0.15) is 32.6 Å². The minimum atomic E-state index is -1.12.